The number of rotatable bonds is 24. The number of hydrogen-bond donors (Lipinski definition) is 6. The predicted molar refractivity (Wildman–Crippen MR) is 333 cm³/mol. The van der Waals surface area contributed by atoms with E-state index in [0.717, 1.165) is 38.0 Å². The van der Waals surface area contributed by atoms with Crippen LogP contribution in [0.1, 0.15) is 66.2 Å². The molecule has 464 valence electrons. The molecule has 6 rings (SSSR count). The van der Waals surface area contributed by atoms with E-state index in [-0.39, 0.29) is 23.7 Å². The van der Waals surface area contributed by atoms with Crippen LogP contribution >= 0.6 is 14.5 Å². The lowest BCUT2D eigenvalue weighted by Crippen LogP contribution is -2.41. The number of nitrogens with one attached hydrogen (secondary N) is 4. The molecule has 86 heavy (non-hydrogen) atoms. The Hall–Kier alpha value is -7.82. The molecule has 0 saturated carbocycles. The minimum Gasteiger partial charge on any atom is -0.542 e. The van der Waals surface area contributed by atoms with Gasteiger partial charge in [-0.3, -0.25) is 20.4 Å². The third-order valence-electron chi connectivity index (χ3n) is 14.3. The van der Waals surface area contributed by atoms with Crippen molar-refractivity contribution in [2.24, 2.45) is 22.3 Å². The molecule has 0 heterocycles. The Morgan fingerprint density at radius 1 is 0.430 bits per heavy atom. The maximum absolute atomic E-state index is 12.9. The van der Waals surface area contributed by atoms with Crippen molar-refractivity contribution >= 4 is 82.0 Å². The normalized spacial score (nSPS) is 11.6. The first kappa shape index (κ1) is 72.4. The number of benzene rings is 6. The number of unbranched alkanes of at least 4 members (excludes halogenated alkanes) is 2. The number of halogens is 6. The van der Waals surface area contributed by atoms with Crippen molar-refractivity contribution in [3.05, 3.63) is 182 Å². The molecule has 0 aromatic heterocycles. The van der Waals surface area contributed by atoms with Gasteiger partial charge in [-0.05, 0) is 111 Å². The second-order valence-electron chi connectivity index (χ2n) is 21.5. The molecule has 8 N–H and O–H groups in total. The Morgan fingerprint density at radius 2 is 0.628 bits per heavy atom. The summed E-state index contributed by atoms with van der Waals surface area (Å²) in [5.74, 6) is -5.87. The van der Waals surface area contributed by atoms with Gasteiger partial charge in [-0.15, -0.1) is 0 Å². The van der Waals surface area contributed by atoms with Gasteiger partial charge in [0.2, 0.25) is 11.8 Å². The van der Waals surface area contributed by atoms with E-state index in [4.69, 9.17) is 42.1 Å². The molecule has 0 radical (unpaired) electrons. The molecule has 0 atom stereocenters. The molecular formula is C64H80F6N8O6P2. The number of carbonyl (C=O) groups excluding carboxylic acids is 4. The molecule has 0 aliphatic carbocycles. The molecule has 6 aromatic rings. The average molecular weight is 1230 g/mol. The van der Waals surface area contributed by atoms with Gasteiger partial charge in [0.05, 0.1) is 12.3 Å². The van der Waals surface area contributed by atoms with Crippen LogP contribution in [-0.4, -0.2) is 110 Å². The zero-order valence-electron chi connectivity index (χ0n) is 49.5. The Labute approximate surface area is 502 Å². The van der Waals surface area contributed by atoms with Crippen molar-refractivity contribution in [2.75, 3.05) is 52.6 Å². The fraction of sp³-hybridized carbons (Fsp3) is 0.344. The lowest BCUT2D eigenvalue weighted by molar-refractivity contribution is -0.344. The molecule has 0 unspecified atom stereocenters. The highest BCUT2D eigenvalue weighted by molar-refractivity contribution is 7.96. The molecule has 0 fully saturated rings. The number of carboxylic acids is 2. The standard InChI is InChI=1S/2C30H39N4OP.2C2HF3O2/c2*1-30(2,21-23-34(3)29(31)32)28(35)33-22-13-14-24-36(25-15-7-4-8-16-25,26-17-9-5-10-18-26)27-19-11-6-12-20-27;2*3-2(4,5)1(6)7/h2*4-12,15-20H,13-14,21-24H2,1-3H3,(H3-,31,32,33,35);2*(H,6,7). The summed E-state index contributed by atoms with van der Waals surface area (Å²) in [6.45, 7) is 10.3. The molecule has 0 saturated heterocycles. The van der Waals surface area contributed by atoms with Gasteiger partial charge in [0.25, 0.3) is 0 Å². The summed E-state index contributed by atoms with van der Waals surface area (Å²) in [4.78, 5) is 46.6. The molecule has 0 bridgehead atoms. The zero-order chi connectivity index (χ0) is 64.2. The van der Waals surface area contributed by atoms with Crippen LogP contribution in [0.25, 0.3) is 0 Å². The second kappa shape index (κ2) is 34.4. The van der Waals surface area contributed by atoms with Crippen LogP contribution in [0, 0.1) is 21.6 Å². The monoisotopic (exact) mass is 1230 g/mol. The number of hydrogen-bond acceptors (Lipinski definition) is 8. The fourth-order valence-electron chi connectivity index (χ4n) is 8.96. The Bertz CT molecular complexity index is 2630. The number of carboxylic acid groups (broad SMARTS) is 2. The van der Waals surface area contributed by atoms with Crippen LogP contribution in [0.5, 0.6) is 0 Å². The van der Waals surface area contributed by atoms with Crippen LogP contribution in [0.2, 0.25) is 0 Å². The maximum atomic E-state index is 12.9. The van der Waals surface area contributed by atoms with E-state index >= 15 is 0 Å². The van der Waals surface area contributed by atoms with Crippen LogP contribution in [0.4, 0.5) is 26.3 Å². The molecule has 0 spiro atoms. The summed E-state index contributed by atoms with van der Waals surface area (Å²) >= 11 is 0. The average Bonchev–Trinajstić information content (AvgIpc) is 0.866. The third kappa shape index (κ3) is 22.6. The number of alkyl halides is 6. The predicted octanol–water partition coefficient (Wildman–Crippen LogP) is 6.83. The smallest absolute Gasteiger partial charge is 0.430 e. The van der Waals surface area contributed by atoms with Gasteiger partial charge in [-0.25, -0.2) is 0 Å². The fourth-order valence-corrected chi connectivity index (χ4v) is 17.8. The largest absolute Gasteiger partial charge is 0.542 e. The van der Waals surface area contributed by atoms with E-state index in [2.05, 4.69) is 193 Å². The van der Waals surface area contributed by atoms with Gasteiger partial charge >= 0.3 is 12.4 Å². The summed E-state index contributed by atoms with van der Waals surface area (Å²) in [5.41, 5.74) is 10.0. The zero-order valence-corrected chi connectivity index (χ0v) is 51.3. The minimum absolute atomic E-state index is 0.0215. The van der Waals surface area contributed by atoms with Crippen molar-refractivity contribution in [2.45, 2.75) is 78.6 Å². The van der Waals surface area contributed by atoms with E-state index in [1.165, 1.54) is 31.8 Å². The minimum atomic E-state index is -5.19. The van der Waals surface area contributed by atoms with Crippen molar-refractivity contribution in [3.8, 4) is 0 Å². The van der Waals surface area contributed by atoms with Gasteiger partial charge in [0.1, 0.15) is 58.3 Å². The topological polar surface area (TPSA) is 245 Å². The Morgan fingerprint density at radius 3 is 0.802 bits per heavy atom. The van der Waals surface area contributed by atoms with Crippen molar-refractivity contribution < 1.29 is 55.7 Å². The van der Waals surface area contributed by atoms with E-state index in [0.29, 0.717) is 39.0 Å². The van der Waals surface area contributed by atoms with Crippen LogP contribution in [0.15, 0.2) is 182 Å². The quantitative estimate of drug-likeness (QED) is 0.0121. The number of aliphatic carboxylic acids is 2. The molecular weight excluding hydrogens is 1150 g/mol. The number of nitrogens with zero attached hydrogens (tertiary/aromatic N) is 2. The number of nitrogens with two attached hydrogens (primary N) is 2. The Balaban J connectivity index is 0.000000368. The number of amides is 2. The molecule has 14 nitrogen and oxygen atoms in total. The van der Waals surface area contributed by atoms with E-state index in [1.54, 1.807) is 23.9 Å². The van der Waals surface area contributed by atoms with E-state index in [1.807, 2.05) is 27.7 Å². The van der Waals surface area contributed by atoms with Gasteiger partial charge in [0.15, 0.2) is 11.9 Å². The highest BCUT2D eigenvalue weighted by Gasteiger charge is 2.46. The third-order valence-corrected chi connectivity index (χ3v) is 23.3. The summed E-state index contributed by atoms with van der Waals surface area (Å²) < 4.78 is 63.1. The summed E-state index contributed by atoms with van der Waals surface area (Å²) in [6.07, 6.45) is -3.14. The van der Waals surface area contributed by atoms with E-state index in [9.17, 15) is 35.9 Å². The highest BCUT2D eigenvalue weighted by atomic mass is 31.2. The number of carbonyl (C=O) groups is 4. The lowest BCUT2D eigenvalue weighted by atomic mass is 9.88. The maximum Gasteiger partial charge on any atom is 0.430 e. The lowest BCUT2D eigenvalue weighted by Gasteiger charge is -2.28. The first-order valence-electron chi connectivity index (χ1n) is 27.8. The highest BCUT2D eigenvalue weighted by Crippen LogP contribution is 2.57. The first-order valence-corrected chi connectivity index (χ1v) is 31.7. The van der Waals surface area contributed by atoms with Gasteiger partial charge in [-0.1, -0.05) is 137 Å². The molecule has 22 heteroatoms. The molecule has 6 aromatic carbocycles. The first-order chi connectivity index (χ1) is 40.4. The summed E-state index contributed by atoms with van der Waals surface area (Å²) in [5, 5.41) is 47.2. The molecule has 0 aliphatic heterocycles. The number of guanidine groups is 2. The van der Waals surface area contributed by atoms with E-state index < -0.39 is 49.6 Å². The molecule has 2 amide bonds. The van der Waals surface area contributed by atoms with Crippen molar-refractivity contribution in [1.29, 1.82) is 10.8 Å². The van der Waals surface area contributed by atoms with Crippen LogP contribution in [0.3, 0.4) is 0 Å². The second-order valence-corrected chi connectivity index (χ2v) is 28.7. The van der Waals surface area contributed by atoms with Crippen molar-refractivity contribution in [3.63, 3.8) is 0 Å². The van der Waals surface area contributed by atoms with Crippen LogP contribution in [-0.2, 0) is 19.2 Å². The molecule has 0 aliphatic rings. The Kier molecular flexibility index (Phi) is 28.9. The van der Waals surface area contributed by atoms with Crippen molar-refractivity contribution in [1.82, 2.24) is 20.4 Å². The van der Waals surface area contributed by atoms with Gasteiger partial charge in [-0.2, -0.15) is 26.3 Å². The van der Waals surface area contributed by atoms with Crippen LogP contribution < -0.4 is 64.1 Å². The van der Waals surface area contributed by atoms with Gasteiger partial charge in [0, 0.05) is 51.1 Å². The summed E-state index contributed by atoms with van der Waals surface area (Å²) in [7, 11) is -0.111. The summed E-state index contributed by atoms with van der Waals surface area (Å²) in [6, 6.07) is 65.5. The SMILES string of the molecule is CN(CCC(C)(C)C(=O)NCCCC[P+](c1ccccc1)(c1ccccc1)c1ccccc1)C(=N)N.CN(CCC(C)(C)C(=O)NCCCC[P+](c1ccccc1)(c1ccccc1)c1ccccc1)C(=N)N.O=C([O-])C(F)(F)F.O=C([O-])C(F)(F)F. The van der Waals surface area contributed by atoms with Gasteiger partial charge < -0.3 is 51.7 Å².